The molecule has 0 bridgehead atoms. The highest BCUT2D eigenvalue weighted by Crippen LogP contribution is 2.02. The predicted octanol–water partition coefficient (Wildman–Crippen LogP) is 1.23. The van der Waals surface area contributed by atoms with Crippen molar-refractivity contribution in [3.05, 3.63) is 0 Å². The third-order valence-electron chi connectivity index (χ3n) is 2.16. The molecular weight excluding hydrogens is 208 g/mol. The molecule has 0 aromatic rings. The van der Waals surface area contributed by atoms with Gasteiger partial charge in [-0.25, -0.2) is 0 Å². The Morgan fingerprint density at radius 2 is 2.07 bits per heavy atom. The summed E-state index contributed by atoms with van der Waals surface area (Å²) in [5.41, 5.74) is 5.39. The van der Waals surface area contributed by atoms with Gasteiger partial charge in [-0.05, 0) is 25.8 Å². The van der Waals surface area contributed by atoms with Gasteiger partial charge in [0.25, 0.3) is 0 Å². The Balaban J connectivity index is 3.41. The van der Waals surface area contributed by atoms with Crippen molar-refractivity contribution in [2.24, 2.45) is 11.7 Å². The van der Waals surface area contributed by atoms with Crippen LogP contribution in [0.25, 0.3) is 0 Å². The van der Waals surface area contributed by atoms with Gasteiger partial charge in [0.05, 0.1) is 6.54 Å². The van der Waals surface area contributed by atoms with E-state index in [9.17, 15) is 4.79 Å². The van der Waals surface area contributed by atoms with Gasteiger partial charge in [0.2, 0.25) is 0 Å². The number of carbonyl (C=O) groups is 1. The highest BCUT2D eigenvalue weighted by Gasteiger charge is 2.09. The second-order valence-corrected chi connectivity index (χ2v) is 5.34. The zero-order chi connectivity index (χ0) is 11.7. The summed E-state index contributed by atoms with van der Waals surface area (Å²) < 4.78 is 0. The number of carbonyl (C=O) groups excluding carboxylic acids is 1. The largest absolute Gasteiger partial charge is 0.330 e. The molecule has 0 aliphatic rings. The number of likely N-dealkylation sites (N-methyl/N-ethyl adjacent to an activating group) is 1. The molecule has 0 unspecified atom stereocenters. The number of rotatable bonds is 9. The molecule has 0 aromatic heterocycles. The van der Waals surface area contributed by atoms with E-state index in [-0.39, 0.29) is 5.92 Å². The van der Waals surface area contributed by atoms with Crippen molar-refractivity contribution in [2.45, 2.75) is 20.3 Å². The van der Waals surface area contributed by atoms with Crippen molar-refractivity contribution in [3.8, 4) is 0 Å². The number of Topliss-reactive ketones (excluding diaryl/α,β-unsaturated/α-hetero) is 1. The van der Waals surface area contributed by atoms with Gasteiger partial charge in [-0.2, -0.15) is 11.8 Å². The van der Waals surface area contributed by atoms with Gasteiger partial charge in [-0.15, -0.1) is 0 Å². The molecule has 0 saturated heterocycles. The second kappa shape index (κ2) is 9.19. The molecule has 0 rings (SSSR count). The fraction of sp³-hybridized carbons (Fsp3) is 0.909. The third-order valence-corrected chi connectivity index (χ3v) is 3.26. The molecule has 0 heterocycles. The van der Waals surface area contributed by atoms with E-state index < -0.39 is 0 Å². The Labute approximate surface area is 97.8 Å². The summed E-state index contributed by atoms with van der Waals surface area (Å²) in [5, 5.41) is 0. The van der Waals surface area contributed by atoms with Crippen LogP contribution in [0.2, 0.25) is 0 Å². The molecule has 3 nitrogen and oxygen atoms in total. The second-order valence-electron chi connectivity index (χ2n) is 4.11. The van der Waals surface area contributed by atoms with Crippen LogP contribution in [0.3, 0.4) is 0 Å². The maximum Gasteiger partial charge on any atom is 0.149 e. The van der Waals surface area contributed by atoms with E-state index in [4.69, 9.17) is 5.73 Å². The minimum absolute atomic E-state index is 0.152. The van der Waals surface area contributed by atoms with Crippen LogP contribution in [0, 0.1) is 5.92 Å². The quantitative estimate of drug-likeness (QED) is 0.607. The fourth-order valence-electron chi connectivity index (χ4n) is 1.15. The molecular formula is C11H24N2OS. The summed E-state index contributed by atoms with van der Waals surface area (Å²) in [6.07, 6.45) is 1.13. The lowest BCUT2D eigenvalue weighted by Gasteiger charge is -2.16. The topological polar surface area (TPSA) is 46.3 Å². The summed E-state index contributed by atoms with van der Waals surface area (Å²) in [6, 6.07) is 0. The summed E-state index contributed by atoms with van der Waals surface area (Å²) in [7, 11) is 2.01. The van der Waals surface area contributed by atoms with Crippen LogP contribution < -0.4 is 5.73 Å². The molecule has 0 aromatic carbocycles. The van der Waals surface area contributed by atoms with Crippen LogP contribution in [0.15, 0.2) is 0 Å². The summed E-state index contributed by atoms with van der Waals surface area (Å²) in [5.74, 6) is 2.65. The molecule has 0 radical (unpaired) electrons. The molecule has 4 heteroatoms. The minimum Gasteiger partial charge on any atom is -0.330 e. The van der Waals surface area contributed by atoms with Crippen LogP contribution in [0.4, 0.5) is 0 Å². The maximum atomic E-state index is 11.4. The monoisotopic (exact) mass is 232 g/mol. The van der Waals surface area contributed by atoms with Gasteiger partial charge < -0.3 is 5.73 Å². The lowest BCUT2D eigenvalue weighted by Crippen LogP contribution is -2.29. The van der Waals surface area contributed by atoms with E-state index >= 15 is 0 Å². The standard InChI is InChI=1S/C11H24N2OS/c1-10(2)11(14)9-13(3)6-4-7-15-8-5-12/h10H,4-9,12H2,1-3H3. The number of thioether (sulfide) groups is 1. The first-order valence-electron chi connectivity index (χ1n) is 5.57. The molecule has 0 aliphatic carbocycles. The Morgan fingerprint density at radius 3 is 2.60 bits per heavy atom. The highest BCUT2D eigenvalue weighted by atomic mass is 32.2. The van der Waals surface area contributed by atoms with Gasteiger partial charge >= 0.3 is 0 Å². The van der Waals surface area contributed by atoms with Gasteiger partial charge in [0.1, 0.15) is 5.78 Å². The van der Waals surface area contributed by atoms with E-state index in [2.05, 4.69) is 4.90 Å². The molecule has 0 amide bonds. The SMILES string of the molecule is CC(C)C(=O)CN(C)CCCSCCN. The number of nitrogens with zero attached hydrogens (tertiary/aromatic N) is 1. The average Bonchev–Trinajstić information content (AvgIpc) is 2.17. The highest BCUT2D eigenvalue weighted by molar-refractivity contribution is 7.99. The number of hydrogen-bond donors (Lipinski definition) is 1. The van der Waals surface area contributed by atoms with Crippen molar-refractivity contribution in [3.63, 3.8) is 0 Å². The zero-order valence-electron chi connectivity index (χ0n) is 10.2. The summed E-state index contributed by atoms with van der Waals surface area (Å²) in [6.45, 7) is 6.24. The van der Waals surface area contributed by atoms with Crippen LogP contribution in [-0.2, 0) is 4.79 Å². The number of nitrogens with two attached hydrogens (primary N) is 1. The fourth-order valence-corrected chi connectivity index (χ4v) is 1.85. The molecule has 90 valence electrons. The Morgan fingerprint density at radius 1 is 1.40 bits per heavy atom. The summed E-state index contributed by atoms with van der Waals surface area (Å²) in [4.78, 5) is 13.5. The molecule has 0 atom stereocenters. The molecule has 2 N–H and O–H groups in total. The third kappa shape index (κ3) is 8.90. The molecule has 0 fully saturated rings. The van der Waals surface area contributed by atoms with Gasteiger partial charge in [-0.1, -0.05) is 13.8 Å². The molecule has 0 saturated carbocycles. The van der Waals surface area contributed by atoms with Crippen molar-refractivity contribution in [2.75, 3.05) is 38.2 Å². The Hall–Kier alpha value is -0.0600. The normalized spacial score (nSPS) is 11.3. The number of hydrogen-bond acceptors (Lipinski definition) is 4. The van der Waals surface area contributed by atoms with E-state index in [0.717, 1.165) is 31.0 Å². The first kappa shape index (κ1) is 14.9. The van der Waals surface area contributed by atoms with Gasteiger partial charge in [0.15, 0.2) is 0 Å². The first-order chi connectivity index (χ1) is 7.07. The lowest BCUT2D eigenvalue weighted by atomic mass is 10.1. The summed E-state index contributed by atoms with van der Waals surface area (Å²) >= 11 is 1.88. The maximum absolute atomic E-state index is 11.4. The average molecular weight is 232 g/mol. The predicted molar refractivity (Wildman–Crippen MR) is 68.3 cm³/mol. The molecule has 0 spiro atoms. The van der Waals surface area contributed by atoms with Crippen molar-refractivity contribution in [1.82, 2.24) is 4.90 Å². The van der Waals surface area contributed by atoms with Crippen LogP contribution in [0.5, 0.6) is 0 Å². The van der Waals surface area contributed by atoms with Crippen LogP contribution in [-0.4, -0.2) is 48.9 Å². The van der Waals surface area contributed by atoms with E-state index in [0.29, 0.717) is 12.3 Å². The Kier molecular flexibility index (Phi) is 9.15. The Bertz CT molecular complexity index is 174. The van der Waals surface area contributed by atoms with Crippen molar-refractivity contribution >= 4 is 17.5 Å². The van der Waals surface area contributed by atoms with Crippen molar-refractivity contribution < 1.29 is 4.79 Å². The molecule has 15 heavy (non-hydrogen) atoms. The van der Waals surface area contributed by atoms with Crippen LogP contribution in [0.1, 0.15) is 20.3 Å². The molecule has 0 aliphatic heterocycles. The smallest absolute Gasteiger partial charge is 0.149 e. The van der Waals surface area contributed by atoms with E-state index in [1.54, 1.807) is 0 Å². The number of ketones is 1. The van der Waals surface area contributed by atoms with E-state index in [1.807, 2.05) is 32.7 Å². The van der Waals surface area contributed by atoms with E-state index in [1.165, 1.54) is 0 Å². The van der Waals surface area contributed by atoms with Gasteiger partial charge in [0, 0.05) is 18.2 Å². The van der Waals surface area contributed by atoms with Crippen molar-refractivity contribution in [1.29, 1.82) is 0 Å². The van der Waals surface area contributed by atoms with Crippen LogP contribution >= 0.6 is 11.8 Å². The minimum atomic E-state index is 0.152. The van der Waals surface area contributed by atoms with Gasteiger partial charge in [-0.3, -0.25) is 9.69 Å². The first-order valence-corrected chi connectivity index (χ1v) is 6.72. The zero-order valence-corrected chi connectivity index (χ0v) is 11.0. The lowest BCUT2D eigenvalue weighted by molar-refractivity contribution is -0.122.